The third kappa shape index (κ3) is 5.59. The van der Waals surface area contributed by atoms with Crippen LogP contribution < -0.4 is 15.4 Å². The molecule has 26 heavy (non-hydrogen) atoms. The standard InChI is InChI=1S/C18H17FN2O5/c1-25-15-9-5-2-6-12(15)10-17(23)26-11-16(22)21-18(24)20-14-8-4-3-7-13(14)19/h2-9H,10-11H2,1H3,(H2,20,21,22,24). The van der Waals surface area contributed by atoms with Crippen molar-refractivity contribution in [2.24, 2.45) is 0 Å². The smallest absolute Gasteiger partial charge is 0.326 e. The molecule has 0 spiro atoms. The molecule has 0 heterocycles. The van der Waals surface area contributed by atoms with Gasteiger partial charge < -0.3 is 14.8 Å². The summed E-state index contributed by atoms with van der Waals surface area (Å²) >= 11 is 0. The zero-order chi connectivity index (χ0) is 18.9. The molecule has 0 aliphatic carbocycles. The third-order valence-corrected chi connectivity index (χ3v) is 3.27. The molecule has 3 amide bonds. The van der Waals surface area contributed by atoms with Crippen molar-refractivity contribution in [1.29, 1.82) is 0 Å². The number of rotatable bonds is 6. The summed E-state index contributed by atoms with van der Waals surface area (Å²) in [7, 11) is 1.48. The number of urea groups is 1. The van der Waals surface area contributed by atoms with Gasteiger partial charge in [-0.3, -0.25) is 14.9 Å². The lowest BCUT2D eigenvalue weighted by Gasteiger charge is -2.09. The molecule has 8 heteroatoms. The van der Waals surface area contributed by atoms with Gasteiger partial charge in [-0.2, -0.15) is 0 Å². The Labute approximate surface area is 149 Å². The Morgan fingerprint density at radius 3 is 2.46 bits per heavy atom. The van der Waals surface area contributed by atoms with E-state index in [4.69, 9.17) is 9.47 Å². The second-order valence-electron chi connectivity index (χ2n) is 5.13. The number of amides is 3. The van der Waals surface area contributed by atoms with Gasteiger partial charge in [0.15, 0.2) is 6.61 Å². The van der Waals surface area contributed by atoms with Gasteiger partial charge in [0.2, 0.25) is 0 Å². The minimum Gasteiger partial charge on any atom is -0.496 e. The molecular weight excluding hydrogens is 343 g/mol. The Balaban J connectivity index is 1.78. The Bertz CT molecular complexity index is 810. The van der Waals surface area contributed by atoms with E-state index >= 15 is 0 Å². The normalized spacial score (nSPS) is 9.92. The molecule has 0 unspecified atom stereocenters. The highest BCUT2D eigenvalue weighted by atomic mass is 19.1. The summed E-state index contributed by atoms with van der Waals surface area (Å²) in [5.41, 5.74) is 0.531. The number of nitrogens with one attached hydrogen (secondary N) is 2. The molecule has 0 aromatic heterocycles. The maximum atomic E-state index is 13.4. The van der Waals surface area contributed by atoms with Gasteiger partial charge >= 0.3 is 12.0 Å². The van der Waals surface area contributed by atoms with Gasteiger partial charge in [-0.15, -0.1) is 0 Å². The predicted octanol–water partition coefficient (Wildman–Crippen LogP) is 2.27. The van der Waals surface area contributed by atoms with Crippen molar-refractivity contribution in [3.8, 4) is 5.75 Å². The van der Waals surface area contributed by atoms with Crippen molar-refractivity contribution in [2.75, 3.05) is 19.0 Å². The van der Waals surface area contributed by atoms with Crippen LogP contribution in [0.2, 0.25) is 0 Å². The minimum absolute atomic E-state index is 0.0778. The number of carbonyl (C=O) groups is 3. The second kappa shape index (κ2) is 9.16. The van der Waals surface area contributed by atoms with Crippen LogP contribution in [0.25, 0.3) is 0 Å². The minimum atomic E-state index is -0.930. The summed E-state index contributed by atoms with van der Waals surface area (Å²) in [5, 5.41) is 4.12. The van der Waals surface area contributed by atoms with E-state index in [-0.39, 0.29) is 12.1 Å². The summed E-state index contributed by atoms with van der Waals surface area (Å²) in [4.78, 5) is 35.1. The highest BCUT2D eigenvalue weighted by molar-refractivity contribution is 6.01. The molecular formula is C18H17FN2O5. The molecule has 136 valence electrons. The van der Waals surface area contributed by atoms with Crippen LogP contribution >= 0.6 is 0 Å². The van der Waals surface area contributed by atoms with E-state index in [1.54, 1.807) is 24.3 Å². The zero-order valence-corrected chi connectivity index (χ0v) is 14.0. The molecule has 2 rings (SSSR count). The van der Waals surface area contributed by atoms with Gasteiger partial charge in [-0.05, 0) is 18.2 Å². The summed E-state index contributed by atoms with van der Waals surface area (Å²) in [6.45, 7) is -0.640. The summed E-state index contributed by atoms with van der Waals surface area (Å²) < 4.78 is 23.3. The first-order valence-corrected chi connectivity index (χ1v) is 7.62. The van der Waals surface area contributed by atoms with Gasteiger partial charge in [0, 0.05) is 5.56 Å². The van der Waals surface area contributed by atoms with Crippen LogP contribution in [-0.2, 0) is 20.7 Å². The van der Waals surface area contributed by atoms with Gasteiger partial charge in [0.05, 0.1) is 19.2 Å². The fourth-order valence-electron chi connectivity index (χ4n) is 2.08. The lowest BCUT2D eigenvalue weighted by molar-refractivity contribution is -0.147. The van der Waals surface area contributed by atoms with Crippen molar-refractivity contribution in [3.63, 3.8) is 0 Å². The third-order valence-electron chi connectivity index (χ3n) is 3.27. The Kier molecular flexibility index (Phi) is 6.67. The molecule has 2 aromatic rings. The number of hydrogen-bond donors (Lipinski definition) is 2. The number of halogens is 1. The highest BCUT2D eigenvalue weighted by Crippen LogP contribution is 2.18. The lowest BCUT2D eigenvalue weighted by atomic mass is 10.1. The number of anilines is 1. The fourth-order valence-corrected chi connectivity index (χ4v) is 2.08. The predicted molar refractivity (Wildman–Crippen MR) is 91.2 cm³/mol. The lowest BCUT2D eigenvalue weighted by Crippen LogP contribution is -2.37. The summed E-state index contributed by atoms with van der Waals surface area (Å²) in [6.07, 6.45) is -0.0846. The molecule has 2 aromatic carbocycles. The van der Waals surface area contributed by atoms with E-state index in [2.05, 4.69) is 5.32 Å². The number of esters is 1. The average Bonchev–Trinajstić information content (AvgIpc) is 2.62. The molecule has 0 saturated heterocycles. The maximum absolute atomic E-state index is 13.4. The van der Waals surface area contributed by atoms with Crippen LogP contribution in [0.15, 0.2) is 48.5 Å². The van der Waals surface area contributed by atoms with E-state index in [1.165, 1.54) is 25.3 Å². The fraction of sp³-hybridized carbons (Fsp3) is 0.167. The van der Waals surface area contributed by atoms with Crippen LogP contribution in [0.3, 0.4) is 0 Å². The van der Waals surface area contributed by atoms with Crippen molar-refractivity contribution in [3.05, 3.63) is 59.9 Å². The first-order valence-electron chi connectivity index (χ1n) is 7.62. The summed E-state index contributed by atoms with van der Waals surface area (Å²) in [5.74, 6) is -1.61. The monoisotopic (exact) mass is 360 g/mol. The molecule has 0 aliphatic rings. The van der Waals surface area contributed by atoms with E-state index in [0.29, 0.717) is 11.3 Å². The summed E-state index contributed by atoms with van der Waals surface area (Å²) in [6, 6.07) is 11.5. The Morgan fingerprint density at radius 1 is 1.04 bits per heavy atom. The van der Waals surface area contributed by atoms with Gasteiger partial charge in [0.25, 0.3) is 5.91 Å². The van der Waals surface area contributed by atoms with Crippen LogP contribution in [0.4, 0.5) is 14.9 Å². The zero-order valence-electron chi connectivity index (χ0n) is 14.0. The molecule has 7 nitrogen and oxygen atoms in total. The quantitative estimate of drug-likeness (QED) is 0.771. The number of hydrogen-bond acceptors (Lipinski definition) is 5. The Morgan fingerprint density at radius 2 is 1.73 bits per heavy atom. The van der Waals surface area contributed by atoms with E-state index in [9.17, 15) is 18.8 Å². The van der Waals surface area contributed by atoms with Crippen molar-refractivity contribution < 1.29 is 28.2 Å². The number of benzene rings is 2. The van der Waals surface area contributed by atoms with Gasteiger partial charge in [0.1, 0.15) is 11.6 Å². The van der Waals surface area contributed by atoms with Crippen LogP contribution in [0.1, 0.15) is 5.56 Å². The number of carbonyl (C=O) groups excluding carboxylic acids is 3. The van der Waals surface area contributed by atoms with Crippen molar-refractivity contribution in [1.82, 2.24) is 5.32 Å². The second-order valence-corrected chi connectivity index (χ2v) is 5.13. The van der Waals surface area contributed by atoms with Crippen LogP contribution in [0.5, 0.6) is 5.75 Å². The van der Waals surface area contributed by atoms with Gasteiger partial charge in [-0.1, -0.05) is 30.3 Å². The average molecular weight is 360 g/mol. The SMILES string of the molecule is COc1ccccc1CC(=O)OCC(=O)NC(=O)Nc1ccccc1F. The van der Waals surface area contributed by atoms with Crippen LogP contribution in [0, 0.1) is 5.82 Å². The molecule has 0 radical (unpaired) electrons. The molecule has 2 N–H and O–H groups in total. The molecule has 0 bridgehead atoms. The Hall–Kier alpha value is -3.42. The number of imide groups is 1. The molecule has 0 fully saturated rings. The topological polar surface area (TPSA) is 93.7 Å². The molecule has 0 aliphatic heterocycles. The van der Waals surface area contributed by atoms with E-state index < -0.39 is 30.3 Å². The number of methoxy groups -OCH3 is 1. The highest BCUT2D eigenvalue weighted by Gasteiger charge is 2.14. The maximum Gasteiger partial charge on any atom is 0.326 e. The largest absolute Gasteiger partial charge is 0.496 e. The van der Waals surface area contributed by atoms with Crippen molar-refractivity contribution in [2.45, 2.75) is 6.42 Å². The number of para-hydroxylation sites is 2. The van der Waals surface area contributed by atoms with E-state index in [1.807, 2.05) is 5.32 Å². The first kappa shape index (κ1) is 18.9. The van der Waals surface area contributed by atoms with Crippen molar-refractivity contribution >= 4 is 23.6 Å². The molecule has 0 saturated carbocycles. The van der Waals surface area contributed by atoms with Gasteiger partial charge in [-0.25, -0.2) is 9.18 Å². The number of ether oxygens (including phenoxy) is 2. The first-order chi connectivity index (χ1) is 12.5. The van der Waals surface area contributed by atoms with Crippen LogP contribution in [-0.4, -0.2) is 31.6 Å². The molecule has 0 atom stereocenters. The van der Waals surface area contributed by atoms with E-state index in [0.717, 1.165) is 6.07 Å².